The number of carbonyl (C=O) groups is 1. The number of nitrogen functional groups attached to an aromatic ring is 1. The lowest BCUT2D eigenvalue weighted by molar-refractivity contribution is -0.192. The monoisotopic (exact) mass is 531 g/mol. The van der Waals surface area contributed by atoms with Crippen LogP contribution in [0.3, 0.4) is 0 Å². The Hall–Kier alpha value is -4.13. The molecule has 13 heteroatoms. The number of aliphatic carboxylic acids is 1. The molecule has 0 unspecified atom stereocenters. The molecule has 1 aliphatic rings. The fourth-order valence-corrected chi connectivity index (χ4v) is 4.05. The zero-order valence-electron chi connectivity index (χ0n) is 20.8. The summed E-state index contributed by atoms with van der Waals surface area (Å²) in [5.74, 6) is -1.91. The fraction of sp³-hybridized carbons (Fsp3) is 0.360. The topological polar surface area (TPSA) is 144 Å². The van der Waals surface area contributed by atoms with Crippen LogP contribution in [0.25, 0.3) is 33.7 Å². The first kappa shape index (κ1) is 26.9. The van der Waals surface area contributed by atoms with Crippen molar-refractivity contribution >= 4 is 28.6 Å². The number of hydrogen-bond donors (Lipinski definition) is 4. The number of nitrogens with two attached hydrogens (primary N) is 1. The first-order valence-electron chi connectivity index (χ1n) is 12.0. The third-order valence-electron chi connectivity index (χ3n) is 5.87. The van der Waals surface area contributed by atoms with Gasteiger partial charge in [0.05, 0.1) is 23.5 Å². The zero-order chi connectivity index (χ0) is 27.4. The Morgan fingerprint density at radius 1 is 1.24 bits per heavy atom. The maximum Gasteiger partial charge on any atom is 0.490 e. The van der Waals surface area contributed by atoms with E-state index in [9.17, 15) is 13.2 Å². The van der Waals surface area contributed by atoms with Gasteiger partial charge in [0.15, 0.2) is 5.58 Å². The third kappa shape index (κ3) is 6.22. The molecule has 3 aromatic heterocycles. The minimum Gasteiger partial charge on any atom is -0.475 e. The number of nitrogens with one attached hydrogen (secondary N) is 2. The van der Waals surface area contributed by atoms with E-state index in [0.29, 0.717) is 23.3 Å². The molecule has 0 aliphatic carbocycles. The fourth-order valence-electron chi connectivity index (χ4n) is 4.05. The first-order valence-corrected chi connectivity index (χ1v) is 12.0. The maximum absolute atomic E-state index is 10.6. The highest BCUT2D eigenvalue weighted by molar-refractivity contribution is 5.89. The van der Waals surface area contributed by atoms with Crippen LogP contribution in [0.15, 0.2) is 47.3 Å². The van der Waals surface area contributed by atoms with Crippen molar-refractivity contribution in [2.24, 2.45) is 0 Å². The van der Waals surface area contributed by atoms with Gasteiger partial charge in [-0.3, -0.25) is 4.68 Å². The average molecular weight is 532 g/mol. The molecule has 5 rings (SSSR count). The number of oxazole rings is 1. The van der Waals surface area contributed by atoms with E-state index in [2.05, 4.69) is 50.4 Å². The predicted octanol–water partition coefficient (Wildman–Crippen LogP) is 4.71. The Kier molecular flexibility index (Phi) is 7.86. The molecule has 1 aromatic carbocycles. The Bertz CT molecular complexity index is 1410. The van der Waals surface area contributed by atoms with Crippen molar-refractivity contribution in [3.8, 4) is 22.6 Å². The molecule has 0 spiro atoms. The number of halogens is 3. The molecule has 0 amide bonds. The summed E-state index contributed by atoms with van der Waals surface area (Å²) in [5.41, 5.74) is 11.2. The van der Waals surface area contributed by atoms with Crippen LogP contribution in [0, 0.1) is 0 Å². The van der Waals surface area contributed by atoms with Crippen molar-refractivity contribution in [1.29, 1.82) is 0 Å². The van der Waals surface area contributed by atoms with Crippen molar-refractivity contribution in [2.45, 2.75) is 44.9 Å². The van der Waals surface area contributed by atoms with E-state index >= 15 is 0 Å². The Labute approximate surface area is 216 Å². The molecule has 1 aliphatic heterocycles. The number of fused-ring (bicyclic) bond motifs is 1. The summed E-state index contributed by atoms with van der Waals surface area (Å²) in [6, 6.07) is 8.58. The second-order valence-electron chi connectivity index (χ2n) is 9.12. The quantitative estimate of drug-likeness (QED) is 0.288. The number of carboxylic acids is 1. The van der Waals surface area contributed by atoms with E-state index in [-0.39, 0.29) is 6.04 Å². The minimum atomic E-state index is -5.08. The number of anilines is 2. The summed E-state index contributed by atoms with van der Waals surface area (Å²) in [4.78, 5) is 18.0. The largest absolute Gasteiger partial charge is 0.490 e. The van der Waals surface area contributed by atoms with Crippen LogP contribution in [0.5, 0.6) is 0 Å². The van der Waals surface area contributed by atoms with Gasteiger partial charge in [0.1, 0.15) is 11.3 Å². The SMILES string of the molecule is CC(C)Nc1cccc2nc(-c3cc(-c4cnn(C5CCNCC5)c4)cnc3N)oc12.O=C(O)C(F)(F)F. The summed E-state index contributed by atoms with van der Waals surface area (Å²) >= 11 is 0. The van der Waals surface area contributed by atoms with Gasteiger partial charge in [-0.1, -0.05) is 6.07 Å². The van der Waals surface area contributed by atoms with Crippen LogP contribution >= 0.6 is 0 Å². The van der Waals surface area contributed by atoms with E-state index in [1.165, 1.54) is 0 Å². The van der Waals surface area contributed by atoms with E-state index in [1.807, 2.05) is 30.5 Å². The maximum atomic E-state index is 10.6. The summed E-state index contributed by atoms with van der Waals surface area (Å²) in [6.45, 7) is 6.23. The van der Waals surface area contributed by atoms with Gasteiger partial charge in [-0.15, -0.1) is 0 Å². The van der Waals surface area contributed by atoms with E-state index in [4.69, 9.17) is 20.1 Å². The number of piperidine rings is 1. The van der Waals surface area contributed by atoms with Crippen LogP contribution in [-0.2, 0) is 4.79 Å². The van der Waals surface area contributed by atoms with Gasteiger partial charge in [0.2, 0.25) is 5.89 Å². The number of benzene rings is 1. The van der Waals surface area contributed by atoms with Gasteiger partial charge in [-0.25, -0.2) is 14.8 Å². The molecule has 1 fully saturated rings. The van der Waals surface area contributed by atoms with Gasteiger partial charge >= 0.3 is 12.1 Å². The summed E-state index contributed by atoms with van der Waals surface area (Å²) in [7, 11) is 0. The summed E-state index contributed by atoms with van der Waals surface area (Å²) in [6.07, 6.45) is 2.83. The number of carboxylic acid groups (broad SMARTS) is 1. The smallest absolute Gasteiger partial charge is 0.475 e. The Morgan fingerprint density at radius 2 is 1.95 bits per heavy atom. The van der Waals surface area contributed by atoms with Gasteiger partial charge in [0, 0.05) is 29.6 Å². The highest BCUT2D eigenvalue weighted by Crippen LogP contribution is 2.34. The lowest BCUT2D eigenvalue weighted by Gasteiger charge is -2.22. The molecule has 0 saturated carbocycles. The highest BCUT2D eigenvalue weighted by Gasteiger charge is 2.38. The highest BCUT2D eigenvalue weighted by atomic mass is 19.4. The number of rotatable bonds is 5. The molecular formula is C25H28F3N7O3. The average Bonchev–Trinajstić information content (AvgIpc) is 3.53. The van der Waals surface area contributed by atoms with Crippen LogP contribution in [0.2, 0.25) is 0 Å². The van der Waals surface area contributed by atoms with E-state index < -0.39 is 12.1 Å². The second kappa shape index (κ2) is 11.1. The molecule has 0 atom stereocenters. The molecule has 0 bridgehead atoms. The molecule has 4 aromatic rings. The van der Waals surface area contributed by atoms with Crippen molar-refractivity contribution in [3.05, 3.63) is 42.9 Å². The molecule has 1 saturated heterocycles. The third-order valence-corrected chi connectivity index (χ3v) is 5.87. The van der Waals surface area contributed by atoms with Crippen molar-refractivity contribution in [3.63, 3.8) is 0 Å². The lowest BCUT2D eigenvalue weighted by atomic mass is 10.1. The van der Waals surface area contributed by atoms with Crippen molar-refractivity contribution < 1.29 is 27.5 Å². The second-order valence-corrected chi connectivity index (χ2v) is 9.12. The van der Waals surface area contributed by atoms with E-state index in [1.54, 1.807) is 6.20 Å². The standard InChI is InChI=1S/C23H27N7O.C2HF3O2/c1-14(2)28-19-4-3-5-20-21(19)31-23(29-20)18-10-15(11-26-22(18)24)16-12-27-30(13-16)17-6-8-25-9-7-17;3-2(4,5)1(6)7/h3-5,10-14,17,25,28H,6-9H2,1-2H3,(H2,24,26);(H,6,7). The predicted molar refractivity (Wildman–Crippen MR) is 136 cm³/mol. The Balaban J connectivity index is 0.000000426. The number of aromatic nitrogens is 4. The molecule has 202 valence electrons. The first-order chi connectivity index (χ1) is 18.0. The normalized spacial score (nSPS) is 14.4. The molecular weight excluding hydrogens is 503 g/mol. The van der Waals surface area contributed by atoms with Crippen LogP contribution in [-0.4, -0.2) is 56.1 Å². The van der Waals surface area contributed by atoms with Gasteiger partial charge in [-0.2, -0.15) is 18.3 Å². The number of pyridine rings is 1. The van der Waals surface area contributed by atoms with Gasteiger partial charge in [0.25, 0.3) is 0 Å². The van der Waals surface area contributed by atoms with Crippen LogP contribution in [0.4, 0.5) is 24.7 Å². The zero-order valence-corrected chi connectivity index (χ0v) is 20.8. The molecule has 0 radical (unpaired) electrons. The summed E-state index contributed by atoms with van der Waals surface area (Å²) < 4.78 is 39.9. The minimum absolute atomic E-state index is 0.283. The van der Waals surface area contributed by atoms with Crippen molar-refractivity contribution in [1.82, 2.24) is 25.1 Å². The Morgan fingerprint density at radius 3 is 2.61 bits per heavy atom. The van der Waals surface area contributed by atoms with Gasteiger partial charge in [-0.05, 0) is 58.0 Å². The molecule has 10 nitrogen and oxygen atoms in total. The molecule has 5 N–H and O–H groups in total. The lowest BCUT2D eigenvalue weighted by Crippen LogP contribution is -2.29. The molecule has 4 heterocycles. The number of alkyl halides is 3. The number of nitrogens with zero attached hydrogens (tertiary/aromatic N) is 4. The van der Waals surface area contributed by atoms with Crippen LogP contribution < -0.4 is 16.4 Å². The number of hydrogen-bond acceptors (Lipinski definition) is 8. The molecule has 38 heavy (non-hydrogen) atoms. The van der Waals surface area contributed by atoms with Gasteiger partial charge < -0.3 is 25.9 Å². The van der Waals surface area contributed by atoms with E-state index in [0.717, 1.165) is 53.8 Å². The van der Waals surface area contributed by atoms with Crippen molar-refractivity contribution in [2.75, 3.05) is 24.1 Å². The summed E-state index contributed by atoms with van der Waals surface area (Å²) in [5, 5.41) is 18.5. The van der Waals surface area contributed by atoms with Crippen LogP contribution in [0.1, 0.15) is 32.7 Å². The number of para-hydroxylation sites is 1.